The van der Waals surface area contributed by atoms with Gasteiger partial charge in [-0.15, -0.1) is 0 Å². The molecule has 1 aliphatic carbocycles. The molecule has 2 N–H and O–H groups in total. The van der Waals surface area contributed by atoms with Gasteiger partial charge in [0.2, 0.25) is 0 Å². The average molecular weight is 284 g/mol. The van der Waals surface area contributed by atoms with E-state index in [-0.39, 0.29) is 11.3 Å². The predicted molar refractivity (Wildman–Crippen MR) is 83.0 cm³/mol. The minimum atomic E-state index is -0.683. The minimum Gasteiger partial charge on any atom is -0.480 e. The van der Waals surface area contributed by atoms with Crippen molar-refractivity contribution in [2.45, 2.75) is 58.9 Å². The Hall–Kier alpha value is -0.610. The van der Waals surface area contributed by atoms with Crippen LogP contribution >= 0.6 is 0 Å². The van der Waals surface area contributed by atoms with E-state index in [0.717, 1.165) is 45.3 Å². The maximum Gasteiger partial charge on any atom is 0.324 e. The van der Waals surface area contributed by atoms with Crippen LogP contribution in [0.5, 0.6) is 0 Å². The summed E-state index contributed by atoms with van der Waals surface area (Å²) in [6.07, 6.45) is 3.78. The fourth-order valence-electron chi connectivity index (χ4n) is 3.64. The SMILES string of the molecule is CCNC1(C(=O)O)CCCC1CCN(C)CC(C)(C)C. The molecular weight excluding hydrogens is 252 g/mol. The molecule has 0 radical (unpaired) electrons. The first-order valence-corrected chi connectivity index (χ1v) is 7.88. The van der Waals surface area contributed by atoms with Crippen LogP contribution in [0.4, 0.5) is 0 Å². The number of carboxylic acid groups (broad SMARTS) is 1. The van der Waals surface area contributed by atoms with E-state index in [9.17, 15) is 9.90 Å². The molecule has 2 unspecified atom stereocenters. The first-order chi connectivity index (χ1) is 9.21. The second-order valence-electron chi connectivity index (χ2n) is 7.48. The van der Waals surface area contributed by atoms with Crippen molar-refractivity contribution in [3.8, 4) is 0 Å². The van der Waals surface area contributed by atoms with Crippen molar-refractivity contribution in [2.24, 2.45) is 11.3 Å². The highest BCUT2D eigenvalue weighted by Gasteiger charge is 2.48. The maximum absolute atomic E-state index is 11.7. The molecule has 0 aliphatic heterocycles. The molecule has 0 bridgehead atoms. The van der Waals surface area contributed by atoms with Crippen LogP contribution in [0.15, 0.2) is 0 Å². The molecule has 1 rings (SSSR count). The van der Waals surface area contributed by atoms with Gasteiger partial charge in [-0.1, -0.05) is 34.1 Å². The Labute approximate surface area is 123 Å². The van der Waals surface area contributed by atoms with Gasteiger partial charge in [0.25, 0.3) is 0 Å². The van der Waals surface area contributed by atoms with E-state index in [2.05, 4.69) is 38.0 Å². The number of carboxylic acids is 1. The number of rotatable bonds is 7. The van der Waals surface area contributed by atoms with Crippen LogP contribution in [0.3, 0.4) is 0 Å². The maximum atomic E-state index is 11.7. The van der Waals surface area contributed by atoms with Gasteiger partial charge in [-0.3, -0.25) is 4.79 Å². The van der Waals surface area contributed by atoms with Crippen molar-refractivity contribution in [3.05, 3.63) is 0 Å². The van der Waals surface area contributed by atoms with Gasteiger partial charge in [0, 0.05) is 6.54 Å². The first-order valence-electron chi connectivity index (χ1n) is 7.88. The van der Waals surface area contributed by atoms with Crippen molar-refractivity contribution in [3.63, 3.8) is 0 Å². The number of likely N-dealkylation sites (N-methyl/N-ethyl adjacent to an activating group) is 1. The highest BCUT2D eigenvalue weighted by Crippen LogP contribution is 2.38. The fourth-order valence-corrected chi connectivity index (χ4v) is 3.64. The Balaban J connectivity index is 2.59. The molecule has 0 heterocycles. The Kier molecular flexibility index (Phi) is 6.02. The van der Waals surface area contributed by atoms with Gasteiger partial charge in [0.1, 0.15) is 5.54 Å². The zero-order chi connectivity index (χ0) is 15.4. The molecule has 1 fully saturated rings. The van der Waals surface area contributed by atoms with E-state index in [1.807, 2.05) is 6.92 Å². The molecule has 0 aromatic carbocycles. The molecule has 0 spiro atoms. The zero-order valence-electron chi connectivity index (χ0n) is 13.8. The molecule has 1 saturated carbocycles. The molecule has 2 atom stereocenters. The van der Waals surface area contributed by atoms with E-state index >= 15 is 0 Å². The summed E-state index contributed by atoms with van der Waals surface area (Å²) in [7, 11) is 2.13. The molecule has 0 amide bonds. The summed E-state index contributed by atoms with van der Waals surface area (Å²) in [6.45, 7) is 11.4. The molecular formula is C16H32N2O2. The van der Waals surface area contributed by atoms with Crippen LogP contribution in [-0.4, -0.2) is 48.2 Å². The second kappa shape index (κ2) is 6.90. The molecule has 0 aromatic heterocycles. The third kappa shape index (κ3) is 4.45. The van der Waals surface area contributed by atoms with Crippen molar-refractivity contribution in [1.82, 2.24) is 10.2 Å². The monoisotopic (exact) mass is 284 g/mol. The van der Waals surface area contributed by atoms with Crippen LogP contribution in [0.1, 0.15) is 53.4 Å². The number of hydrogen-bond donors (Lipinski definition) is 2. The highest BCUT2D eigenvalue weighted by atomic mass is 16.4. The number of carbonyl (C=O) groups is 1. The summed E-state index contributed by atoms with van der Waals surface area (Å²) in [5.74, 6) is -0.414. The molecule has 4 nitrogen and oxygen atoms in total. The standard InChI is InChI=1S/C16H32N2O2/c1-6-17-16(14(19)20)10-7-8-13(16)9-11-18(5)12-15(2,3)4/h13,17H,6-12H2,1-5H3,(H,19,20). The lowest BCUT2D eigenvalue weighted by Crippen LogP contribution is -2.55. The summed E-state index contributed by atoms with van der Waals surface area (Å²) in [6, 6.07) is 0. The second-order valence-corrected chi connectivity index (χ2v) is 7.48. The van der Waals surface area contributed by atoms with E-state index < -0.39 is 11.5 Å². The van der Waals surface area contributed by atoms with Crippen LogP contribution < -0.4 is 5.32 Å². The topological polar surface area (TPSA) is 52.6 Å². The van der Waals surface area contributed by atoms with Gasteiger partial charge in [-0.2, -0.15) is 0 Å². The third-order valence-electron chi connectivity index (χ3n) is 4.30. The van der Waals surface area contributed by atoms with Crippen molar-refractivity contribution in [1.29, 1.82) is 0 Å². The normalized spacial score (nSPS) is 27.2. The number of nitrogens with one attached hydrogen (secondary N) is 1. The van der Waals surface area contributed by atoms with Crippen molar-refractivity contribution >= 4 is 5.97 Å². The minimum absolute atomic E-state index is 0.252. The van der Waals surface area contributed by atoms with Crippen molar-refractivity contribution < 1.29 is 9.90 Å². The number of aliphatic carboxylic acids is 1. The molecule has 1 aliphatic rings. The lowest BCUT2D eigenvalue weighted by Gasteiger charge is -2.34. The quantitative estimate of drug-likeness (QED) is 0.754. The fraction of sp³-hybridized carbons (Fsp3) is 0.938. The molecule has 4 heteroatoms. The predicted octanol–water partition coefficient (Wildman–Crippen LogP) is 2.59. The van der Waals surface area contributed by atoms with Crippen LogP contribution in [-0.2, 0) is 4.79 Å². The van der Waals surface area contributed by atoms with Crippen LogP contribution in [0.2, 0.25) is 0 Å². The van der Waals surface area contributed by atoms with E-state index in [1.54, 1.807) is 0 Å². The van der Waals surface area contributed by atoms with Gasteiger partial charge in [0.15, 0.2) is 0 Å². The third-order valence-corrected chi connectivity index (χ3v) is 4.30. The van der Waals surface area contributed by atoms with Crippen LogP contribution in [0, 0.1) is 11.3 Å². The average Bonchev–Trinajstić information content (AvgIpc) is 2.69. The van der Waals surface area contributed by atoms with Gasteiger partial charge >= 0.3 is 5.97 Å². The summed E-state index contributed by atoms with van der Waals surface area (Å²) in [5.41, 5.74) is -0.396. The number of hydrogen-bond acceptors (Lipinski definition) is 3. The molecule has 20 heavy (non-hydrogen) atoms. The largest absolute Gasteiger partial charge is 0.480 e. The van der Waals surface area contributed by atoms with E-state index in [4.69, 9.17) is 0 Å². The van der Waals surface area contributed by atoms with E-state index in [0.29, 0.717) is 0 Å². The van der Waals surface area contributed by atoms with Gasteiger partial charge in [0.05, 0.1) is 0 Å². The molecule has 118 valence electrons. The summed E-state index contributed by atoms with van der Waals surface area (Å²) in [4.78, 5) is 14.1. The first kappa shape index (κ1) is 17.4. The smallest absolute Gasteiger partial charge is 0.324 e. The Morgan fingerprint density at radius 3 is 2.60 bits per heavy atom. The van der Waals surface area contributed by atoms with Gasteiger partial charge in [-0.05, 0) is 50.7 Å². The summed E-state index contributed by atoms with van der Waals surface area (Å²) in [5, 5.41) is 12.9. The van der Waals surface area contributed by atoms with E-state index in [1.165, 1.54) is 0 Å². The lowest BCUT2D eigenvalue weighted by molar-refractivity contribution is -0.146. The van der Waals surface area contributed by atoms with Gasteiger partial charge < -0.3 is 15.3 Å². The highest BCUT2D eigenvalue weighted by molar-refractivity contribution is 5.79. The number of nitrogens with zero attached hydrogens (tertiary/aromatic N) is 1. The summed E-state index contributed by atoms with van der Waals surface area (Å²) < 4.78 is 0. The Bertz CT molecular complexity index is 325. The summed E-state index contributed by atoms with van der Waals surface area (Å²) >= 11 is 0. The lowest BCUT2D eigenvalue weighted by atomic mass is 9.84. The zero-order valence-corrected chi connectivity index (χ0v) is 13.8. The molecule has 0 saturated heterocycles. The van der Waals surface area contributed by atoms with Crippen LogP contribution in [0.25, 0.3) is 0 Å². The van der Waals surface area contributed by atoms with Gasteiger partial charge in [-0.25, -0.2) is 0 Å². The molecule has 0 aromatic rings. The Morgan fingerprint density at radius 2 is 2.10 bits per heavy atom. The Morgan fingerprint density at radius 1 is 1.45 bits per heavy atom. The van der Waals surface area contributed by atoms with Crippen molar-refractivity contribution in [2.75, 3.05) is 26.7 Å².